The molecular formula is C17H20N4O2S. The number of piperidine rings is 1. The minimum atomic E-state index is -0.0274. The number of nitrogens with zero attached hydrogens (tertiary/aromatic N) is 4. The quantitative estimate of drug-likeness (QED) is 0.852. The molecule has 0 spiro atoms. The molecule has 2 aliphatic rings. The fourth-order valence-corrected chi connectivity index (χ4v) is 3.76. The average molecular weight is 344 g/mol. The lowest BCUT2D eigenvalue weighted by atomic mass is 9.96. The molecule has 1 aliphatic heterocycles. The standard InChI is InChI=1S/C17H20N4O2S/c22-16-4-3-14(13-1-2-13)19-21(16)9-12-5-7-20(8-6-12)17(23)15-10-24-11-18-15/h3-4,10-13H,1-2,5-9H2. The molecule has 126 valence electrons. The summed E-state index contributed by atoms with van der Waals surface area (Å²) < 4.78 is 1.62. The Labute approximate surface area is 144 Å². The molecular weight excluding hydrogens is 324 g/mol. The first-order valence-electron chi connectivity index (χ1n) is 8.46. The summed E-state index contributed by atoms with van der Waals surface area (Å²) in [6.07, 6.45) is 4.17. The van der Waals surface area contributed by atoms with Crippen LogP contribution in [-0.2, 0) is 6.54 Å². The van der Waals surface area contributed by atoms with Gasteiger partial charge in [0, 0.05) is 37.0 Å². The molecule has 0 N–H and O–H groups in total. The third-order valence-electron chi connectivity index (χ3n) is 4.87. The van der Waals surface area contributed by atoms with Gasteiger partial charge in [0.2, 0.25) is 0 Å². The summed E-state index contributed by atoms with van der Waals surface area (Å²) >= 11 is 1.44. The maximum atomic E-state index is 12.3. The van der Waals surface area contributed by atoms with Crippen LogP contribution in [0.15, 0.2) is 27.8 Å². The molecule has 4 rings (SSSR count). The van der Waals surface area contributed by atoms with E-state index < -0.39 is 0 Å². The van der Waals surface area contributed by atoms with Crippen LogP contribution in [0.3, 0.4) is 0 Å². The predicted molar refractivity (Wildman–Crippen MR) is 91.2 cm³/mol. The van der Waals surface area contributed by atoms with Crippen LogP contribution in [0.1, 0.15) is 47.8 Å². The van der Waals surface area contributed by atoms with Gasteiger partial charge in [0.15, 0.2) is 0 Å². The number of aromatic nitrogens is 3. The Morgan fingerprint density at radius 2 is 2.00 bits per heavy atom. The van der Waals surface area contributed by atoms with Crippen LogP contribution in [0, 0.1) is 5.92 Å². The molecule has 1 amide bonds. The Kier molecular flexibility index (Phi) is 4.18. The van der Waals surface area contributed by atoms with Gasteiger partial charge in [-0.1, -0.05) is 0 Å². The second-order valence-electron chi connectivity index (χ2n) is 6.66. The van der Waals surface area contributed by atoms with E-state index in [0.717, 1.165) is 31.6 Å². The number of thiazole rings is 1. The normalized spacial score (nSPS) is 18.8. The van der Waals surface area contributed by atoms with Crippen molar-refractivity contribution in [2.24, 2.45) is 5.92 Å². The van der Waals surface area contributed by atoms with E-state index in [0.29, 0.717) is 24.1 Å². The summed E-state index contributed by atoms with van der Waals surface area (Å²) in [5, 5.41) is 6.33. The minimum Gasteiger partial charge on any atom is -0.337 e. The summed E-state index contributed by atoms with van der Waals surface area (Å²) in [5.74, 6) is 0.958. The molecule has 2 aromatic rings. The summed E-state index contributed by atoms with van der Waals surface area (Å²) in [7, 11) is 0. The molecule has 0 radical (unpaired) electrons. The van der Waals surface area contributed by atoms with Crippen molar-refractivity contribution in [2.75, 3.05) is 13.1 Å². The molecule has 1 saturated carbocycles. The van der Waals surface area contributed by atoms with Crippen molar-refractivity contribution in [2.45, 2.75) is 38.1 Å². The van der Waals surface area contributed by atoms with Crippen LogP contribution in [0.4, 0.5) is 0 Å². The van der Waals surface area contributed by atoms with Crippen LogP contribution in [0.2, 0.25) is 0 Å². The number of rotatable bonds is 4. The van der Waals surface area contributed by atoms with Gasteiger partial charge in [0.25, 0.3) is 11.5 Å². The molecule has 2 fully saturated rings. The van der Waals surface area contributed by atoms with Gasteiger partial charge in [-0.25, -0.2) is 9.67 Å². The first-order valence-corrected chi connectivity index (χ1v) is 9.40. The van der Waals surface area contributed by atoms with E-state index in [-0.39, 0.29) is 11.5 Å². The fraction of sp³-hybridized carbons (Fsp3) is 0.529. The van der Waals surface area contributed by atoms with E-state index in [1.165, 1.54) is 24.2 Å². The highest BCUT2D eigenvalue weighted by Crippen LogP contribution is 2.38. The van der Waals surface area contributed by atoms with Gasteiger partial charge in [-0.3, -0.25) is 9.59 Å². The number of carbonyl (C=O) groups excluding carboxylic acids is 1. The summed E-state index contributed by atoms with van der Waals surface area (Å²) in [6.45, 7) is 2.09. The summed E-state index contributed by atoms with van der Waals surface area (Å²) in [6, 6.07) is 3.51. The van der Waals surface area contributed by atoms with Gasteiger partial charge >= 0.3 is 0 Å². The van der Waals surface area contributed by atoms with Crippen LogP contribution in [0.25, 0.3) is 0 Å². The van der Waals surface area contributed by atoms with Gasteiger partial charge in [-0.05, 0) is 37.7 Å². The summed E-state index contributed by atoms with van der Waals surface area (Å²) in [4.78, 5) is 30.3. The molecule has 3 heterocycles. The Morgan fingerprint density at radius 3 is 2.67 bits per heavy atom. The van der Waals surface area contributed by atoms with E-state index in [4.69, 9.17) is 0 Å². The number of amides is 1. The van der Waals surface area contributed by atoms with Gasteiger partial charge in [0.1, 0.15) is 5.69 Å². The van der Waals surface area contributed by atoms with E-state index in [2.05, 4.69) is 10.1 Å². The zero-order valence-corrected chi connectivity index (χ0v) is 14.2. The lowest BCUT2D eigenvalue weighted by molar-refractivity contribution is 0.0675. The molecule has 6 nitrogen and oxygen atoms in total. The number of likely N-dealkylation sites (tertiary alicyclic amines) is 1. The highest BCUT2D eigenvalue weighted by Gasteiger charge is 2.27. The SMILES string of the molecule is O=C(c1cscn1)N1CCC(Cn2nc(C3CC3)ccc2=O)CC1. The van der Waals surface area contributed by atoms with Gasteiger partial charge in [0.05, 0.1) is 11.2 Å². The number of hydrogen-bond acceptors (Lipinski definition) is 5. The number of carbonyl (C=O) groups is 1. The second kappa shape index (κ2) is 6.47. The van der Waals surface area contributed by atoms with Crippen molar-refractivity contribution < 1.29 is 4.79 Å². The molecule has 1 saturated heterocycles. The maximum Gasteiger partial charge on any atom is 0.273 e. The smallest absolute Gasteiger partial charge is 0.273 e. The molecule has 24 heavy (non-hydrogen) atoms. The van der Waals surface area contributed by atoms with Crippen LogP contribution in [0.5, 0.6) is 0 Å². The highest BCUT2D eigenvalue weighted by molar-refractivity contribution is 7.07. The predicted octanol–water partition coefficient (Wildman–Crippen LogP) is 2.13. The maximum absolute atomic E-state index is 12.3. The van der Waals surface area contributed by atoms with Crippen molar-refractivity contribution >= 4 is 17.2 Å². The van der Waals surface area contributed by atoms with Gasteiger partial charge < -0.3 is 4.90 Å². The zero-order chi connectivity index (χ0) is 16.5. The summed E-state index contributed by atoms with van der Waals surface area (Å²) in [5.41, 5.74) is 3.24. The van der Waals surface area contributed by atoms with E-state index in [1.807, 2.05) is 11.0 Å². The van der Waals surface area contributed by atoms with Gasteiger partial charge in [-0.2, -0.15) is 5.10 Å². The third-order valence-corrected chi connectivity index (χ3v) is 5.45. The first-order chi connectivity index (χ1) is 11.7. The number of hydrogen-bond donors (Lipinski definition) is 0. The molecule has 0 atom stereocenters. The Balaban J connectivity index is 1.37. The van der Waals surface area contributed by atoms with Crippen molar-refractivity contribution in [3.8, 4) is 0 Å². The Morgan fingerprint density at radius 1 is 1.21 bits per heavy atom. The fourth-order valence-electron chi connectivity index (χ4n) is 3.24. The van der Waals surface area contributed by atoms with E-state index >= 15 is 0 Å². The lowest BCUT2D eigenvalue weighted by Gasteiger charge is -2.31. The first kappa shape index (κ1) is 15.5. The van der Waals surface area contributed by atoms with Crippen molar-refractivity contribution in [3.63, 3.8) is 0 Å². The monoisotopic (exact) mass is 344 g/mol. The third kappa shape index (κ3) is 3.26. The van der Waals surface area contributed by atoms with Crippen molar-refractivity contribution in [1.29, 1.82) is 0 Å². The average Bonchev–Trinajstić information content (AvgIpc) is 3.31. The molecule has 2 aromatic heterocycles. The highest BCUT2D eigenvalue weighted by atomic mass is 32.1. The van der Waals surface area contributed by atoms with Crippen LogP contribution >= 0.6 is 11.3 Å². The molecule has 0 bridgehead atoms. The van der Waals surface area contributed by atoms with Crippen LogP contribution in [-0.4, -0.2) is 38.7 Å². The minimum absolute atomic E-state index is 0.0146. The molecule has 1 aliphatic carbocycles. The topological polar surface area (TPSA) is 68.1 Å². The van der Waals surface area contributed by atoms with Crippen LogP contribution < -0.4 is 5.56 Å². The lowest BCUT2D eigenvalue weighted by Crippen LogP contribution is -2.40. The largest absolute Gasteiger partial charge is 0.337 e. The van der Waals surface area contributed by atoms with E-state index in [1.54, 1.807) is 21.6 Å². The van der Waals surface area contributed by atoms with Gasteiger partial charge in [-0.15, -0.1) is 11.3 Å². The second-order valence-corrected chi connectivity index (χ2v) is 7.38. The Bertz CT molecular complexity index is 774. The van der Waals surface area contributed by atoms with Crippen molar-refractivity contribution in [3.05, 3.63) is 44.8 Å². The Hall–Kier alpha value is -2.02. The molecule has 7 heteroatoms. The van der Waals surface area contributed by atoms with E-state index in [9.17, 15) is 9.59 Å². The zero-order valence-electron chi connectivity index (χ0n) is 13.4. The van der Waals surface area contributed by atoms with Crippen molar-refractivity contribution in [1.82, 2.24) is 19.7 Å². The molecule has 0 aromatic carbocycles. The molecule has 0 unspecified atom stereocenters.